The zero-order valence-corrected chi connectivity index (χ0v) is 17.4. The molecular formula is C20H20Cl2N2O3S. The Morgan fingerprint density at radius 2 is 1.82 bits per heavy atom. The van der Waals surface area contributed by atoms with Crippen molar-refractivity contribution >= 4 is 52.1 Å². The minimum absolute atomic E-state index is 0.00828. The van der Waals surface area contributed by atoms with Gasteiger partial charge in [-0.05, 0) is 42.5 Å². The number of nitrogens with zero attached hydrogens (tertiary/aromatic N) is 1. The van der Waals surface area contributed by atoms with Crippen LogP contribution >= 0.6 is 34.5 Å². The lowest BCUT2D eigenvalue weighted by molar-refractivity contribution is -0.132. The van der Waals surface area contributed by atoms with E-state index in [-0.39, 0.29) is 29.9 Å². The average molecular weight is 439 g/mol. The first-order valence-electron chi connectivity index (χ1n) is 9.03. The van der Waals surface area contributed by atoms with Crippen molar-refractivity contribution in [2.24, 2.45) is 5.92 Å². The molecule has 8 heteroatoms. The topological polar surface area (TPSA) is 66.5 Å². The number of likely N-dealkylation sites (tertiary alicyclic amines) is 1. The van der Waals surface area contributed by atoms with Crippen LogP contribution in [-0.4, -0.2) is 42.1 Å². The Hall–Kier alpha value is -1.89. The SMILES string of the molecule is O=C(NCCC(=O)N1CCC(C(=O)c2ccc(Cl)c(Cl)c2)CC1)c1ccsc1. The number of nitrogens with one attached hydrogen (secondary N) is 1. The third-order valence-electron chi connectivity index (χ3n) is 4.83. The van der Waals surface area contributed by atoms with Gasteiger partial charge in [-0.1, -0.05) is 23.2 Å². The van der Waals surface area contributed by atoms with Gasteiger partial charge in [0.05, 0.1) is 10.0 Å². The number of rotatable bonds is 6. The summed E-state index contributed by atoms with van der Waals surface area (Å²) in [5, 5.41) is 7.15. The van der Waals surface area contributed by atoms with E-state index in [1.54, 1.807) is 34.5 Å². The zero-order valence-electron chi connectivity index (χ0n) is 15.1. The molecule has 3 rings (SSSR count). The molecule has 0 saturated carbocycles. The fraction of sp³-hybridized carbons (Fsp3) is 0.350. The van der Waals surface area contributed by atoms with Crippen molar-refractivity contribution in [1.82, 2.24) is 10.2 Å². The van der Waals surface area contributed by atoms with Crippen LogP contribution in [-0.2, 0) is 4.79 Å². The van der Waals surface area contributed by atoms with Crippen molar-refractivity contribution in [1.29, 1.82) is 0 Å². The summed E-state index contributed by atoms with van der Waals surface area (Å²) in [5.74, 6) is -0.265. The Bertz CT molecular complexity index is 862. The van der Waals surface area contributed by atoms with Crippen molar-refractivity contribution in [3.63, 3.8) is 0 Å². The van der Waals surface area contributed by atoms with E-state index in [1.807, 2.05) is 5.38 Å². The Kier molecular flexibility index (Phi) is 7.10. The molecule has 28 heavy (non-hydrogen) atoms. The number of ketones is 1. The van der Waals surface area contributed by atoms with Gasteiger partial charge in [-0.25, -0.2) is 0 Å². The maximum Gasteiger partial charge on any atom is 0.252 e. The van der Waals surface area contributed by atoms with Crippen molar-refractivity contribution in [3.8, 4) is 0 Å². The molecule has 148 valence electrons. The third kappa shape index (κ3) is 5.13. The molecule has 0 aliphatic carbocycles. The number of hydrogen-bond acceptors (Lipinski definition) is 4. The summed E-state index contributed by atoms with van der Waals surface area (Å²) in [5.41, 5.74) is 1.16. The average Bonchev–Trinajstić information content (AvgIpc) is 3.24. The lowest BCUT2D eigenvalue weighted by Gasteiger charge is -2.31. The molecule has 0 radical (unpaired) electrons. The van der Waals surface area contributed by atoms with Gasteiger partial charge in [-0.2, -0.15) is 11.3 Å². The molecule has 2 aromatic rings. The van der Waals surface area contributed by atoms with E-state index in [0.717, 1.165) is 0 Å². The molecule has 0 unspecified atom stereocenters. The lowest BCUT2D eigenvalue weighted by Crippen LogP contribution is -2.41. The minimum Gasteiger partial charge on any atom is -0.351 e. The highest BCUT2D eigenvalue weighted by molar-refractivity contribution is 7.08. The Labute approximate surface area is 177 Å². The van der Waals surface area contributed by atoms with E-state index in [1.165, 1.54) is 11.3 Å². The first kappa shape index (κ1) is 20.8. The fourth-order valence-corrected chi connectivity index (χ4v) is 4.15. The number of carbonyl (C=O) groups is 3. The number of piperidine rings is 1. The number of halogens is 2. The number of benzene rings is 1. The summed E-state index contributed by atoms with van der Waals surface area (Å²) in [4.78, 5) is 38.6. The van der Waals surface area contributed by atoms with Gasteiger partial charge in [-0.3, -0.25) is 14.4 Å². The first-order chi connectivity index (χ1) is 13.5. The number of carbonyl (C=O) groups excluding carboxylic acids is 3. The van der Waals surface area contributed by atoms with E-state index in [4.69, 9.17) is 23.2 Å². The van der Waals surface area contributed by atoms with Gasteiger partial charge < -0.3 is 10.2 Å². The molecule has 1 saturated heterocycles. The van der Waals surface area contributed by atoms with Crippen LogP contribution in [0.5, 0.6) is 0 Å². The normalized spacial score (nSPS) is 14.7. The number of Topliss-reactive ketones (excluding diaryl/α,β-unsaturated/α-hetero) is 1. The van der Waals surface area contributed by atoms with E-state index in [9.17, 15) is 14.4 Å². The van der Waals surface area contributed by atoms with Crippen molar-refractivity contribution < 1.29 is 14.4 Å². The van der Waals surface area contributed by atoms with Crippen LogP contribution in [0.2, 0.25) is 10.0 Å². The molecule has 1 aliphatic heterocycles. The molecule has 1 N–H and O–H groups in total. The fourth-order valence-electron chi connectivity index (χ4n) is 3.21. The van der Waals surface area contributed by atoms with Crippen molar-refractivity contribution in [2.45, 2.75) is 19.3 Å². The molecule has 1 fully saturated rings. The summed E-state index contributed by atoms with van der Waals surface area (Å²) in [6.45, 7) is 1.37. The van der Waals surface area contributed by atoms with Crippen LogP contribution in [0.1, 0.15) is 40.0 Å². The highest BCUT2D eigenvalue weighted by Crippen LogP contribution is 2.27. The van der Waals surface area contributed by atoms with Gasteiger partial charge in [0.15, 0.2) is 5.78 Å². The molecule has 2 amide bonds. The Balaban J connectivity index is 1.44. The minimum atomic E-state index is -0.167. The largest absolute Gasteiger partial charge is 0.351 e. The molecule has 1 aromatic carbocycles. The van der Waals surface area contributed by atoms with E-state index in [0.29, 0.717) is 53.6 Å². The zero-order chi connectivity index (χ0) is 20.1. The van der Waals surface area contributed by atoms with Gasteiger partial charge >= 0.3 is 0 Å². The van der Waals surface area contributed by atoms with Crippen LogP contribution < -0.4 is 5.32 Å². The number of amides is 2. The van der Waals surface area contributed by atoms with Gasteiger partial charge in [0.25, 0.3) is 5.91 Å². The molecular weight excluding hydrogens is 419 g/mol. The Morgan fingerprint density at radius 1 is 1.07 bits per heavy atom. The van der Waals surface area contributed by atoms with E-state index < -0.39 is 0 Å². The molecule has 1 aliphatic rings. The lowest BCUT2D eigenvalue weighted by atomic mass is 9.89. The smallest absolute Gasteiger partial charge is 0.252 e. The van der Waals surface area contributed by atoms with Gasteiger partial charge in [0, 0.05) is 48.5 Å². The molecule has 2 heterocycles. The third-order valence-corrected chi connectivity index (χ3v) is 6.25. The molecule has 5 nitrogen and oxygen atoms in total. The summed E-state index contributed by atoms with van der Waals surface area (Å²) in [6, 6.07) is 6.65. The predicted octanol–water partition coefficient (Wildman–Crippen LogP) is 4.30. The maximum atomic E-state index is 12.6. The molecule has 1 aromatic heterocycles. The second kappa shape index (κ2) is 9.54. The highest BCUT2D eigenvalue weighted by Gasteiger charge is 2.28. The van der Waals surface area contributed by atoms with Crippen LogP contribution in [0.15, 0.2) is 35.0 Å². The highest BCUT2D eigenvalue weighted by atomic mass is 35.5. The quantitative estimate of drug-likeness (QED) is 0.683. The monoisotopic (exact) mass is 438 g/mol. The summed E-state index contributed by atoms with van der Waals surface area (Å²) >= 11 is 13.4. The van der Waals surface area contributed by atoms with Crippen molar-refractivity contribution in [3.05, 3.63) is 56.2 Å². The standard InChI is InChI=1S/C20H20Cl2N2O3S/c21-16-2-1-14(11-17(16)22)19(26)13-4-8-24(9-5-13)18(25)3-7-23-20(27)15-6-10-28-12-15/h1-2,6,10-13H,3-5,7-9H2,(H,23,27). The van der Waals surface area contributed by atoms with Gasteiger partial charge in [-0.15, -0.1) is 0 Å². The van der Waals surface area contributed by atoms with Gasteiger partial charge in [0.2, 0.25) is 5.91 Å². The second-order valence-electron chi connectivity index (χ2n) is 6.67. The predicted molar refractivity (Wildman–Crippen MR) is 111 cm³/mol. The van der Waals surface area contributed by atoms with Crippen LogP contribution in [0.25, 0.3) is 0 Å². The summed E-state index contributed by atoms with van der Waals surface area (Å²) < 4.78 is 0. The summed E-state index contributed by atoms with van der Waals surface area (Å²) in [6.07, 6.45) is 1.49. The first-order valence-corrected chi connectivity index (χ1v) is 10.7. The van der Waals surface area contributed by atoms with Gasteiger partial charge in [0.1, 0.15) is 0 Å². The van der Waals surface area contributed by atoms with Crippen molar-refractivity contribution in [2.75, 3.05) is 19.6 Å². The van der Waals surface area contributed by atoms with E-state index >= 15 is 0 Å². The maximum absolute atomic E-state index is 12.6. The van der Waals surface area contributed by atoms with Crippen LogP contribution in [0.4, 0.5) is 0 Å². The number of thiophene rings is 1. The van der Waals surface area contributed by atoms with E-state index in [2.05, 4.69) is 5.32 Å². The van der Waals surface area contributed by atoms with Crippen LogP contribution in [0, 0.1) is 5.92 Å². The molecule has 0 atom stereocenters. The molecule has 0 spiro atoms. The Morgan fingerprint density at radius 3 is 2.46 bits per heavy atom. The van der Waals surface area contributed by atoms with Crippen LogP contribution in [0.3, 0.4) is 0 Å². The second-order valence-corrected chi connectivity index (χ2v) is 8.26. The number of hydrogen-bond donors (Lipinski definition) is 1. The molecule has 0 bridgehead atoms. The summed E-state index contributed by atoms with van der Waals surface area (Å²) in [7, 11) is 0.